The van der Waals surface area contributed by atoms with E-state index < -0.39 is 15.2 Å². The number of hydrogen-bond donors (Lipinski definition) is 1. The average Bonchev–Trinajstić information content (AvgIpc) is 1.62. The first kappa shape index (κ1) is 12.0. The van der Waals surface area contributed by atoms with Gasteiger partial charge in [0.25, 0.3) is 5.12 Å². The first-order valence-electron chi connectivity index (χ1n) is 1.62. The van der Waals surface area contributed by atoms with E-state index in [1.807, 2.05) is 0 Å². The van der Waals surface area contributed by atoms with Crippen LogP contribution >= 0.6 is 0 Å². The van der Waals surface area contributed by atoms with Gasteiger partial charge in [-0.05, 0) is 6.08 Å². The fourth-order valence-electron chi connectivity index (χ4n) is 0.105. The summed E-state index contributed by atoms with van der Waals surface area (Å²) < 4.78 is 27.2. The molecular formula is C3H5NaO4S. The molecule has 0 amide bonds. The molecule has 4 nitrogen and oxygen atoms in total. The predicted molar refractivity (Wildman–Crippen MR) is 27.9 cm³/mol. The fourth-order valence-corrected chi connectivity index (χ4v) is 0.316. The zero-order valence-electron chi connectivity index (χ0n) is 5.86. The molecule has 0 saturated carbocycles. The molecule has 0 fully saturated rings. The van der Waals surface area contributed by atoms with Crippen molar-refractivity contribution in [3.8, 4) is 0 Å². The smallest absolute Gasteiger partial charge is 1.00 e. The van der Waals surface area contributed by atoms with Crippen LogP contribution in [0.2, 0.25) is 0 Å². The van der Waals surface area contributed by atoms with Crippen LogP contribution in [0.3, 0.4) is 0 Å². The maximum absolute atomic E-state index is 9.88. The number of rotatable bonds is 1. The third-order valence-electron chi connectivity index (χ3n) is 0.421. The van der Waals surface area contributed by atoms with Crippen molar-refractivity contribution in [2.75, 3.05) is 0 Å². The van der Waals surface area contributed by atoms with Crippen molar-refractivity contribution in [2.24, 2.45) is 0 Å². The number of hydrogen-bond acceptors (Lipinski definition) is 3. The fraction of sp³-hybridized carbons (Fsp3) is 0. The van der Waals surface area contributed by atoms with Crippen molar-refractivity contribution < 1.29 is 48.7 Å². The van der Waals surface area contributed by atoms with Gasteiger partial charge in [-0.1, -0.05) is 6.58 Å². The van der Waals surface area contributed by atoms with E-state index in [9.17, 15) is 13.2 Å². The molecule has 0 rings (SSSR count). The Morgan fingerprint density at radius 1 is 1.67 bits per heavy atom. The Kier molecular flexibility index (Phi) is 5.60. The molecule has 0 radical (unpaired) electrons. The molecule has 0 atom stereocenters. The quantitative estimate of drug-likeness (QED) is 0.248. The summed E-state index contributed by atoms with van der Waals surface area (Å²) >= 11 is 0. The molecule has 0 aromatic carbocycles. The Bertz CT molecular complexity index is 209. The summed E-state index contributed by atoms with van der Waals surface area (Å²) in [4.78, 5) is 9.88. The van der Waals surface area contributed by atoms with Crippen LogP contribution in [0.1, 0.15) is 1.43 Å². The van der Waals surface area contributed by atoms with Crippen molar-refractivity contribution in [2.45, 2.75) is 0 Å². The van der Waals surface area contributed by atoms with E-state index in [1.165, 1.54) is 0 Å². The Labute approximate surface area is 76.5 Å². The van der Waals surface area contributed by atoms with Gasteiger partial charge in [-0.2, -0.15) is 8.42 Å². The zero-order valence-corrected chi connectivity index (χ0v) is 7.68. The second-order valence-electron chi connectivity index (χ2n) is 0.998. The van der Waals surface area contributed by atoms with Crippen molar-refractivity contribution in [1.29, 1.82) is 0 Å². The van der Waals surface area contributed by atoms with Crippen molar-refractivity contribution in [3.63, 3.8) is 0 Å². The molecule has 48 valence electrons. The first-order chi connectivity index (χ1) is 3.48. The number of carbonyl (C=O) groups is 1. The molecule has 0 aliphatic heterocycles. The maximum Gasteiger partial charge on any atom is 1.00 e. The molecule has 0 aliphatic carbocycles. The van der Waals surface area contributed by atoms with E-state index in [-0.39, 0.29) is 31.0 Å². The molecule has 0 spiro atoms. The van der Waals surface area contributed by atoms with Crippen LogP contribution in [0.25, 0.3) is 0 Å². The molecule has 0 aromatic rings. The van der Waals surface area contributed by atoms with Gasteiger partial charge in [0.05, 0.1) is 0 Å². The summed E-state index contributed by atoms with van der Waals surface area (Å²) in [5.74, 6) is 0. The van der Waals surface area contributed by atoms with E-state index >= 15 is 0 Å². The summed E-state index contributed by atoms with van der Waals surface area (Å²) in [6.07, 6.45) is 0.523. The van der Waals surface area contributed by atoms with Gasteiger partial charge in [0.2, 0.25) is 0 Å². The summed E-state index contributed by atoms with van der Waals surface area (Å²) in [6.45, 7) is 2.84. The van der Waals surface area contributed by atoms with Crippen LogP contribution in [0.4, 0.5) is 0 Å². The van der Waals surface area contributed by atoms with Crippen molar-refractivity contribution >= 4 is 15.2 Å². The van der Waals surface area contributed by atoms with Crippen molar-refractivity contribution in [3.05, 3.63) is 12.7 Å². The van der Waals surface area contributed by atoms with Gasteiger partial charge in [0, 0.05) is 0 Å². The predicted octanol–water partition coefficient (Wildman–Crippen LogP) is -3.30. The summed E-state index contributed by atoms with van der Waals surface area (Å²) in [7, 11) is -4.51. The van der Waals surface area contributed by atoms with Gasteiger partial charge in [0.15, 0.2) is 0 Å². The van der Waals surface area contributed by atoms with E-state index in [1.54, 1.807) is 0 Å². The van der Waals surface area contributed by atoms with Crippen molar-refractivity contribution in [1.82, 2.24) is 0 Å². The summed E-state index contributed by atoms with van der Waals surface area (Å²) in [5, 5.41) is -1.38. The van der Waals surface area contributed by atoms with E-state index in [4.69, 9.17) is 4.55 Å². The van der Waals surface area contributed by atoms with Crippen LogP contribution < -0.4 is 29.6 Å². The van der Waals surface area contributed by atoms with Gasteiger partial charge in [-0.3, -0.25) is 9.35 Å². The third-order valence-corrected chi connectivity index (χ3v) is 1.10. The Balaban J connectivity index is -0.000000245. The Hall–Kier alpha value is 0.320. The van der Waals surface area contributed by atoms with Crippen LogP contribution in [0, 0.1) is 0 Å². The minimum Gasteiger partial charge on any atom is -1.00 e. The van der Waals surface area contributed by atoms with E-state index in [0.29, 0.717) is 6.08 Å². The third kappa shape index (κ3) is 4.80. The molecule has 0 heterocycles. The first-order valence-corrected chi connectivity index (χ1v) is 3.06. The van der Waals surface area contributed by atoms with E-state index in [0.717, 1.165) is 0 Å². The molecule has 0 unspecified atom stereocenters. The second kappa shape index (κ2) is 4.19. The van der Waals surface area contributed by atoms with Crippen LogP contribution in [0.15, 0.2) is 12.7 Å². The normalized spacial score (nSPS) is 9.44. The molecule has 0 aromatic heterocycles. The topological polar surface area (TPSA) is 71.4 Å². The molecule has 0 saturated heterocycles. The van der Waals surface area contributed by atoms with Crippen LogP contribution in [-0.2, 0) is 14.9 Å². The standard InChI is InChI=1S/C3H4O4S.Na.H/c1-2-3(4)8(5,6)7;;/h2H,1H2,(H,5,6,7);;/q;+1;-1. The summed E-state index contributed by atoms with van der Waals surface area (Å²) in [6, 6.07) is 0. The van der Waals surface area contributed by atoms with Gasteiger partial charge in [-0.15, -0.1) is 0 Å². The summed E-state index contributed by atoms with van der Waals surface area (Å²) in [5.41, 5.74) is 0. The van der Waals surface area contributed by atoms with Gasteiger partial charge >= 0.3 is 39.7 Å². The van der Waals surface area contributed by atoms with Gasteiger partial charge in [-0.25, -0.2) is 0 Å². The minimum atomic E-state index is -4.51. The van der Waals surface area contributed by atoms with Gasteiger partial charge < -0.3 is 1.43 Å². The van der Waals surface area contributed by atoms with Crippen LogP contribution in [0.5, 0.6) is 0 Å². The van der Waals surface area contributed by atoms with Crippen LogP contribution in [-0.4, -0.2) is 18.1 Å². The molecular weight excluding hydrogens is 155 g/mol. The zero-order chi connectivity index (χ0) is 6.78. The molecule has 6 heteroatoms. The second-order valence-corrected chi connectivity index (χ2v) is 2.35. The molecule has 0 aliphatic rings. The molecule has 9 heavy (non-hydrogen) atoms. The molecule has 1 N–H and O–H groups in total. The maximum atomic E-state index is 9.88. The molecule has 0 bridgehead atoms. The average molecular weight is 160 g/mol. The SMILES string of the molecule is C=CC(=O)S(=O)(=O)O.[H-].[Na+]. The monoisotopic (exact) mass is 160 g/mol. The van der Waals surface area contributed by atoms with Gasteiger partial charge in [0.1, 0.15) is 0 Å². The minimum absolute atomic E-state index is 0. The Morgan fingerprint density at radius 2 is 2.00 bits per heavy atom. The van der Waals surface area contributed by atoms with E-state index in [2.05, 4.69) is 6.58 Å². The Morgan fingerprint density at radius 3 is 2.00 bits per heavy atom. The largest absolute Gasteiger partial charge is 1.00 e. The number of carbonyl (C=O) groups excluding carboxylic acids is 1.